The van der Waals surface area contributed by atoms with Crippen LogP contribution in [0.4, 0.5) is 5.69 Å². The third-order valence-corrected chi connectivity index (χ3v) is 6.02. The van der Waals surface area contributed by atoms with Crippen LogP contribution in [0.1, 0.15) is 43.0 Å². The average molecular weight is 367 g/mol. The number of nitrogens with one attached hydrogen (secondary N) is 1. The highest BCUT2D eigenvalue weighted by atomic mass is 16.5. The highest BCUT2D eigenvalue weighted by Crippen LogP contribution is 2.53. The summed E-state index contributed by atoms with van der Waals surface area (Å²) in [7, 11) is 1.66. The first-order valence-electron chi connectivity index (χ1n) is 9.33. The van der Waals surface area contributed by atoms with Crippen LogP contribution in [-0.4, -0.2) is 24.8 Å². The molecule has 142 valence electrons. The molecule has 0 bridgehead atoms. The number of carboxylic acids is 1. The zero-order chi connectivity index (χ0) is 19.2. The number of aliphatic carboxylic acids is 1. The molecule has 0 aromatic heterocycles. The molecule has 2 aromatic carbocycles. The summed E-state index contributed by atoms with van der Waals surface area (Å²) in [6.45, 7) is 5.11. The van der Waals surface area contributed by atoms with Crippen LogP contribution >= 0.6 is 0 Å². The van der Waals surface area contributed by atoms with E-state index < -0.39 is 5.97 Å². The molecule has 0 spiro atoms. The van der Waals surface area contributed by atoms with Crippen molar-refractivity contribution in [3.05, 3.63) is 53.1 Å². The van der Waals surface area contributed by atoms with E-state index in [1.807, 2.05) is 18.2 Å². The van der Waals surface area contributed by atoms with Gasteiger partial charge in [0, 0.05) is 29.0 Å². The second-order valence-electron chi connectivity index (χ2n) is 7.91. The molecule has 5 heteroatoms. The van der Waals surface area contributed by atoms with Crippen LogP contribution in [0.5, 0.6) is 11.5 Å². The van der Waals surface area contributed by atoms with Crippen molar-refractivity contribution >= 4 is 11.7 Å². The Morgan fingerprint density at radius 2 is 2.15 bits per heavy atom. The normalized spacial score (nSPS) is 21.7. The zero-order valence-electron chi connectivity index (χ0n) is 15.9. The molecule has 0 unspecified atom stereocenters. The second kappa shape index (κ2) is 6.48. The van der Waals surface area contributed by atoms with Gasteiger partial charge in [-0.1, -0.05) is 38.1 Å². The van der Waals surface area contributed by atoms with E-state index in [2.05, 4.69) is 37.4 Å². The van der Waals surface area contributed by atoms with Crippen molar-refractivity contribution in [2.45, 2.75) is 38.1 Å². The fourth-order valence-corrected chi connectivity index (χ4v) is 4.41. The minimum Gasteiger partial charge on any atom is -0.493 e. The number of hydrogen-bond donors (Lipinski definition) is 2. The van der Waals surface area contributed by atoms with Gasteiger partial charge in [0.25, 0.3) is 0 Å². The van der Waals surface area contributed by atoms with Crippen LogP contribution in [0.25, 0.3) is 0 Å². The van der Waals surface area contributed by atoms with Crippen LogP contribution in [0.3, 0.4) is 0 Å². The summed E-state index contributed by atoms with van der Waals surface area (Å²) >= 11 is 0. The average Bonchev–Trinajstić information content (AvgIpc) is 2.66. The first-order valence-corrected chi connectivity index (χ1v) is 9.33. The minimum absolute atomic E-state index is 0.106. The van der Waals surface area contributed by atoms with Gasteiger partial charge < -0.3 is 19.9 Å². The Kier molecular flexibility index (Phi) is 4.25. The van der Waals surface area contributed by atoms with Crippen LogP contribution < -0.4 is 14.8 Å². The molecule has 2 heterocycles. The maximum Gasteiger partial charge on any atom is 0.303 e. The van der Waals surface area contributed by atoms with Gasteiger partial charge in [-0.3, -0.25) is 4.79 Å². The molecule has 0 amide bonds. The van der Waals surface area contributed by atoms with Gasteiger partial charge in [0.2, 0.25) is 0 Å². The van der Waals surface area contributed by atoms with Gasteiger partial charge in [-0.2, -0.15) is 0 Å². The number of ether oxygens (including phenoxy) is 2. The lowest BCUT2D eigenvalue weighted by molar-refractivity contribution is -0.136. The number of para-hydroxylation sites is 1. The number of methoxy groups -OCH3 is 1. The molecule has 2 N–H and O–H groups in total. The lowest BCUT2D eigenvalue weighted by Gasteiger charge is -2.48. The highest BCUT2D eigenvalue weighted by Gasteiger charge is 2.46. The predicted octanol–water partition coefficient (Wildman–Crippen LogP) is 4.17. The van der Waals surface area contributed by atoms with E-state index in [-0.39, 0.29) is 23.8 Å². The molecule has 2 aliphatic rings. The Hall–Kier alpha value is -2.69. The molecule has 0 fully saturated rings. The summed E-state index contributed by atoms with van der Waals surface area (Å²) in [5, 5.41) is 12.7. The van der Waals surface area contributed by atoms with E-state index in [9.17, 15) is 4.79 Å². The molecular weight excluding hydrogens is 342 g/mol. The van der Waals surface area contributed by atoms with Gasteiger partial charge in [-0.15, -0.1) is 0 Å². The summed E-state index contributed by atoms with van der Waals surface area (Å²) in [5.74, 6) is 1.09. The molecule has 5 nitrogen and oxygen atoms in total. The summed E-state index contributed by atoms with van der Waals surface area (Å²) in [6, 6.07) is 12.4. The fraction of sp³-hybridized carbons (Fsp3) is 0.409. The van der Waals surface area contributed by atoms with E-state index in [0.29, 0.717) is 13.0 Å². The van der Waals surface area contributed by atoms with Crippen molar-refractivity contribution in [3.8, 4) is 11.5 Å². The summed E-state index contributed by atoms with van der Waals surface area (Å²) in [4.78, 5) is 10.9. The summed E-state index contributed by atoms with van der Waals surface area (Å²) in [5.41, 5.74) is 4.41. The van der Waals surface area contributed by atoms with Gasteiger partial charge >= 0.3 is 5.97 Å². The number of anilines is 1. The molecule has 27 heavy (non-hydrogen) atoms. The number of aryl methyl sites for hydroxylation is 1. The van der Waals surface area contributed by atoms with Gasteiger partial charge in [0.15, 0.2) is 11.5 Å². The van der Waals surface area contributed by atoms with Crippen molar-refractivity contribution in [1.29, 1.82) is 0 Å². The molecule has 0 saturated carbocycles. The van der Waals surface area contributed by atoms with Gasteiger partial charge in [-0.05, 0) is 29.7 Å². The number of benzene rings is 2. The monoisotopic (exact) mass is 367 g/mol. The maximum atomic E-state index is 10.9. The topological polar surface area (TPSA) is 67.8 Å². The van der Waals surface area contributed by atoms with Gasteiger partial charge in [0.05, 0.1) is 19.8 Å². The standard InChI is InChI=1S/C22H25NO4/c1-22(2)15-11-13(8-10-19(24)25)7-9-17(15)23-20-14-5-4-6-18(26-3)21(14)27-12-16(20)22/h4-7,9,11,16,20,23H,8,10,12H2,1-3H3,(H,24,25)/t16-,20+/m1/s1. The van der Waals surface area contributed by atoms with E-state index >= 15 is 0 Å². The Balaban J connectivity index is 1.73. The molecular formula is C22H25NO4. The lowest BCUT2D eigenvalue weighted by Crippen LogP contribution is -2.46. The molecule has 2 aromatic rings. The summed E-state index contributed by atoms with van der Waals surface area (Å²) in [6.07, 6.45) is 0.693. The van der Waals surface area contributed by atoms with Crippen molar-refractivity contribution in [1.82, 2.24) is 0 Å². The SMILES string of the molecule is COc1cccc2c1OC[C@@H]1[C@H]2Nc2ccc(CCC(=O)O)cc2C1(C)C. The number of carbonyl (C=O) groups is 1. The third-order valence-electron chi connectivity index (χ3n) is 6.02. The smallest absolute Gasteiger partial charge is 0.303 e. The molecule has 4 rings (SSSR count). The Labute approximate surface area is 159 Å². The summed E-state index contributed by atoms with van der Waals surface area (Å²) < 4.78 is 11.6. The third kappa shape index (κ3) is 2.91. The first-order chi connectivity index (χ1) is 12.9. The highest BCUT2D eigenvalue weighted by molar-refractivity contribution is 5.67. The van der Waals surface area contributed by atoms with E-state index in [1.54, 1.807) is 7.11 Å². The molecule has 2 aliphatic heterocycles. The van der Waals surface area contributed by atoms with Crippen LogP contribution in [-0.2, 0) is 16.6 Å². The lowest BCUT2D eigenvalue weighted by atomic mass is 9.65. The quantitative estimate of drug-likeness (QED) is 0.849. The van der Waals surface area contributed by atoms with Crippen molar-refractivity contribution in [3.63, 3.8) is 0 Å². The van der Waals surface area contributed by atoms with E-state index in [1.165, 1.54) is 5.56 Å². The second-order valence-corrected chi connectivity index (χ2v) is 7.91. The molecule has 2 atom stereocenters. The number of fused-ring (bicyclic) bond motifs is 4. The van der Waals surface area contributed by atoms with Crippen LogP contribution in [0, 0.1) is 5.92 Å². The fourth-order valence-electron chi connectivity index (χ4n) is 4.41. The predicted molar refractivity (Wildman–Crippen MR) is 104 cm³/mol. The Bertz CT molecular complexity index is 890. The zero-order valence-corrected chi connectivity index (χ0v) is 15.9. The number of rotatable bonds is 4. The number of hydrogen-bond acceptors (Lipinski definition) is 4. The minimum atomic E-state index is -0.767. The molecule has 0 radical (unpaired) electrons. The first kappa shape index (κ1) is 17.7. The van der Waals surface area contributed by atoms with Gasteiger partial charge in [-0.25, -0.2) is 0 Å². The van der Waals surface area contributed by atoms with Crippen molar-refractivity contribution in [2.75, 3.05) is 19.0 Å². The van der Waals surface area contributed by atoms with Crippen LogP contribution in [0.2, 0.25) is 0 Å². The number of carboxylic acid groups (broad SMARTS) is 1. The van der Waals surface area contributed by atoms with E-state index in [4.69, 9.17) is 14.6 Å². The van der Waals surface area contributed by atoms with Gasteiger partial charge in [0.1, 0.15) is 0 Å². The molecule has 0 saturated heterocycles. The molecule has 0 aliphatic carbocycles. The van der Waals surface area contributed by atoms with Crippen molar-refractivity contribution < 1.29 is 19.4 Å². The Morgan fingerprint density at radius 1 is 1.33 bits per heavy atom. The maximum absolute atomic E-state index is 10.9. The van der Waals surface area contributed by atoms with E-state index in [0.717, 1.165) is 28.3 Å². The Morgan fingerprint density at radius 3 is 2.89 bits per heavy atom. The van der Waals surface area contributed by atoms with Crippen LogP contribution in [0.15, 0.2) is 36.4 Å². The van der Waals surface area contributed by atoms with Crippen molar-refractivity contribution in [2.24, 2.45) is 5.92 Å². The largest absolute Gasteiger partial charge is 0.493 e.